The van der Waals surface area contributed by atoms with Gasteiger partial charge in [0, 0.05) is 25.4 Å². The van der Waals surface area contributed by atoms with Crippen molar-refractivity contribution < 1.29 is 9.59 Å². The second-order valence-corrected chi connectivity index (χ2v) is 4.79. The van der Waals surface area contributed by atoms with Crippen molar-refractivity contribution in [1.82, 2.24) is 4.90 Å². The lowest BCUT2D eigenvalue weighted by molar-refractivity contribution is -0.141. The van der Waals surface area contributed by atoms with E-state index in [4.69, 9.17) is 5.73 Å². The number of nitrogens with zero attached hydrogens (tertiary/aromatic N) is 1. The number of aryl methyl sites for hydroxylation is 2. The molecule has 2 amide bonds. The predicted octanol–water partition coefficient (Wildman–Crippen LogP) is 1.01. The number of imide groups is 1. The van der Waals surface area contributed by atoms with E-state index in [1.165, 1.54) is 10.5 Å². The summed E-state index contributed by atoms with van der Waals surface area (Å²) in [4.78, 5) is 24.8. The molecule has 1 fully saturated rings. The first-order valence-electron chi connectivity index (χ1n) is 6.21. The molecule has 96 valence electrons. The molecule has 4 nitrogen and oxygen atoms in total. The first-order chi connectivity index (χ1) is 8.58. The Labute approximate surface area is 107 Å². The van der Waals surface area contributed by atoms with E-state index in [9.17, 15) is 9.59 Å². The van der Waals surface area contributed by atoms with Crippen LogP contribution in [0.4, 0.5) is 0 Å². The zero-order valence-electron chi connectivity index (χ0n) is 10.6. The number of hydrogen-bond acceptors (Lipinski definition) is 3. The maximum Gasteiger partial charge on any atom is 0.230 e. The quantitative estimate of drug-likeness (QED) is 0.866. The van der Waals surface area contributed by atoms with E-state index in [2.05, 4.69) is 0 Å². The van der Waals surface area contributed by atoms with Gasteiger partial charge in [-0.15, -0.1) is 0 Å². The smallest absolute Gasteiger partial charge is 0.230 e. The fraction of sp³-hybridized carbons (Fsp3) is 0.429. The Morgan fingerprint density at radius 2 is 2.17 bits per heavy atom. The van der Waals surface area contributed by atoms with Crippen LogP contribution in [-0.2, 0) is 16.0 Å². The van der Waals surface area contributed by atoms with Gasteiger partial charge in [0.25, 0.3) is 0 Å². The average Bonchev–Trinajstić information content (AvgIpc) is 2.67. The average molecular weight is 246 g/mol. The summed E-state index contributed by atoms with van der Waals surface area (Å²) in [5.41, 5.74) is 8.00. The maximum absolute atomic E-state index is 11.9. The van der Waals surface area contributed by atoms with Crippen molar-refractivity contribution in [3.05, 3.63) is 35.4 Å². The van der Waals surface area contributed by atoms with E-state index in [1.54, 1.807) is 0 Å². The van der Waals surface area contributed by atoms with E-state index in [1.807, 2.05) is 31.2 Å². The van der Waals surface area contributed by atoms with Gasteiger partial charge >= 0.3 is 0 Å². The van der Waals surface area contributed by atoms with Crippen LogP contribution in [0.5, 0.6) is 0 Å². The fourth-order valence-electron chi connectivity index (χ4n) is 2.24. The number of benzene rings is 1. The normalized spacial score (nSPS) is 19.3. The molecule has 0 aliphatic carbocycles. The maximum atomic E-state index is 11.9. The summed E-state index contributed by atoms with van der Waals surface area (Å²) in [6, 6.07) is 7.78. The highest BCUT2D eigenvalue weighted by molar-refractivity contribution is 5.97. The minimum absolute atomic E-state index is 0.115. The molecule has 1 aromatic rings. The Morgan fingerprint density at radius 3 is 2.78 bits per heavy atom. The Bertz CT molecular complexity index is 471. The van der Waals surface area contributed by atoms with Crippen LogP contribution in [0, 0.1) is 6.92 Å². The van der Waals surface area contributed by atoms with Gasteiger partial charge in [-0.05, 0) is 24.5 Å². The molecule has 1 aliphatic heterocycles. The van der Waals surface area contributed by atoms with Crippen LogP contribution in [-0.4, -0.2) is 29.3 Å². The van der Waals surface area contributed by atoms with Gasteiger partial charge < -0.3 is 5.73 Å². The van der Waals surface area contributed by atoms with Gasteiger partial charge in [0.2, 0.25) is 11.8 Å². The minimum Gasteiger partial charge on any atom is -0.326 e. The van der Waals surface area contributed by atoms with Gasteiger partial charge in [0.15, 0.2) is 0 Å². The fourth-order valence-corrected chi connectivity index (χ4v) is 2.24. The van der Waals surface area contributed by atoms with Crippen LogP contribution >= 0.6 is 0 Å². The van der Waals surface area contributed by atoms with E-state index in [0.717, 1.165) is 5.56 Å². The van der Waals surface area contributed by atoms with Gasteiger partial charge in [-0.2, -0.15) is 0 Å². The van der Waals surface area contributed by atoms with Crippen molar-refractivity contribution in [2.24, 2.45) is 5.73 Å². The van der Waals surface area contributed by atoms with E-state index in [0.29, 0.717) is 19.4 Å². The van der Waals surface area contributed by atoms with Crippen molar-refractivity contribution in [1.29, 1.82) is 0 Å². The molecule has 0 bridgehead atoms. The summed E-state index contributed by atoms with van der Waals surface area (Å²) in [6.07, 6.45) is 1.32. The Hall–Kier alpha value is -1.68. The molecule has 1 unspecified atom stereocenters. The Morgan fingerprint density at radius 1 is 1.44 bits per heavy atom. The van der Waals surface area contributed by atoms with Crippen molar-refractivity contribution >= 4 is 11.8 Å². The zero-order chi connectivity index (χ0) is 13.1. The summed E-state index contributed by atoms with van der Waals surface area (Å²) in [5, 5.41) is 0. The minimum atomic E-state index is -0.195. The molecule has 0 radical (unpaired) electrons. The standard InChI is InChI=1S/C14H18N2O2/c1-10-4-2-3-5-11(10)6-7-13(17)16-9-12(15)8-14(16)18/h2-5,12H,6-9,15H2,1H3. The van der Waals surface area contributed by atoms with Gasteiger partial charge in [-0.3, -0.25) is 14.5 Å². The molecule has 1 aromatic carbocycles. The number of amides is 2. The van der Waals surface area contributed by atoms with Crippen molar-refractivity contribution in [2.45, 2.75) is 32.2 Å². The molecule has 2 rings (SSSR count). The number of carbonyl (C=O) groups excluding carboxylic acids is 2. The van der Waals surface area contributed by atoms with Gasteiger partial charge in [0.05, 0.1) is 0 Å². The first-order valence-corrected chi connectivity index (χ1v) is 6.21. The van der Waals surface area contributed by atoms with Crippen molar-refractivity contribution in [3.8, 4) is 0 Å². The molecule has 1 aliphatic rings. The number of carbonyl (C=O) groups is 2. The van der Waals surface area contributed by atoms with Gasteiger partial charge in [0.1, 0.15) is 0 Å². The molecule has 0 saturated carbocycles. The molecule has 2 N–H and O–H groups in total. The van der Waals surface area contributed by atoms with Crippen molar-refractivity contribution in [2.75, 3.05) is 6.54 Å². The molecular weight excluding hydrogens is 228 g/mol. The molecule has 1 saturated heterocycles. The van der Waals surface area contributed by atoms with Crippen LogP contribution in [0.25, 0.3) is 0 Å². The summed E-state index contributed by atoms with van der Waals surface area (Å²) in [5.74, 6) is -0.256. The van der Waals surface area contributed by atoms with Crippen LogP contribution in [0.15, 0.2) is 24.3 Å². The zero-order valence-corrected chi connectivity index (χ0v) is 10.6. The van der Waals surface area contributed by atoms with Gasteiger partial charge in [-0.1, -0.05) is 24.3 Å². The largest absolute Gasteiger partial charge is 0.326 e. The number of nitrogens with two attached hydrogens (primary N) is 1. The van der Waals surface area contributed by atoms with Crippen LogP contribution in [0.2, 0.25) is 0 Å². The lowest BCUT2D eigenvalue weighted by atomic mass is 10.0. The highest BCUT2D eigenvalue weighted by Gasteiger charge is 2.31. The summed E-state index contributed by atoms with van der Waals surface area (Å²) in [6.45, 7) is 2.39. The molecule has 0 aromatic heterocycles. The second-order valence-electron chi connectivity index (χ2n) is 4.79. The van der Waals surface area contributed by atoms with Gasteiger partial charge in [-0.25, -0.2) is 0 Å². The SMILES string of the molecule is Cc1ccccc1CCC(=O)N1CC(N)CC1=O. The Kier molecular flexibility index (Phi) is 3.77. The van der Waals surface area contributed by atoms with Crippen LogP contribution < -0.4 is 5.73 Å². The lowest BCUT2D eigenvalue weighted by Gasteiger charge is -2.14. The predicted molar refractivity (Wildman–Crippen MR) is 68.8 cm³/mol. The number of likely N-dealkylation sites (tertiary alicyclic amines) is 1. The molecule has 0 spiro atoms. The summed E-state index contributed by atoms with van der Waals surface area (Å²) < 4.78 is 0. The highest BCUT2D eigenvalue weighted by Crippen LogP contribution is 2.14. The monoisotopic (exact) mass is 246 g/mol. The topological polar surface area (TPSA) is 63.4 Å². The van der Waals surface area contributed by atoms with Crippen LogP contribution in [0.3, 0.4) is 0 Å². The van der Waals surface area contributed by atoms with Crippen molar-refractivity contribution in [3.63, 3.8) is 0 Å². The lowest BCUT2D eigenvalue weighted by Crippen LogP contribution is -2.34. The number of rotatable bonds is 3. The third-order valence-corrected chi connectivity index (χ3v) is 3.33. The van der Waals surface area contributed by atoms with E-state index < -0.39 is 0 Å². The molecule has 1 heterocycles. The van der Waals surface area contributed by atoms with Crippen LogP contribution in [0.1, 0.15) is 24.0 Å². The first kappa shape index (κ1) is 12.8. The Balaban J connectivity index is 1.93. The number of hydrogen-bond donors (Lipinski definition) is 1. The third kappa shape index (κ3) is 2.76. The third-order valence-electron chi connectivity index (χ3n) is 3.33. The highest BCUT2D eigenvalue weighted by atomic mass is 16.2. The molecular formula is C14H18N2O2. The second kappa shape index (κ2) is 5.31. The molecule has 18 heavy (non-hydrogen) atoms. The summed E-state index contributed by atoms with van der Waals surface area (Å²) >= 11 is 0. The van der Waals surface area contributed by atoms with E-state index >= 15 is 0 Å². The molecule has 1 atom stereocenters. The summed E-state index contributed by atoms with van der Waals surface area (Å²) in [7, 11) is 0. The van der Waals surface area contributed by atoms with E-state index in [-0.39, 0.29) is 24.3 Å². The molecule has 4 heteroatoms.